The molecule has 0 aromatic carbocycles. The minimum atomic E-state index is 0.358. The van der Waals surface area contributed by atoms with Gasteiger partial charge >= 0.3 is 0 Å². The molecule has 0 saturated heterocycles. The minimum Gasteiger partial charge on any atom is -0.473 e. The fraction of sp³-hybridized carbons (Fsp3) is 0.444. The monoisotopic (exact) mass is 190 g/mol. The van der Waals surface area contributed by atoms with Crippen LogP contribution in [0.1, 0.15) is 19.3 Å². The van der Waals surface area contributed by atoms with Gasteiger partial charge in [-0.25, -0.2) is 0 Å². The fourth-order valence-corrected chi connectivity index (χ4v) is 1.43. The summed E-state index contributed by atoms with van der Waals surface area (Å²) in [6.07, 6.45) is 5.48. The van der Waals surface area contributed by atoms with Crippen molar-refractivity contribution in [2.24, 2.45) is 0 Å². The molecule has 0 atom stereocenters. The van der Waals surface area contributed by atoms with Gasteiger partial charge in [0.2, 0.25) is 5.88 Å². The predicted octanol–water partition coefficient (Wildman–Crippen LogP) is 1.06. The van der Waals surface area contributed by atoms with Gasteiger partial charge in [0, 0.05) is 6.07 Å². The molecule has 14 heavy (non-hydrogen) atoms. The standard InChI is InChI=1S/C9H10N4O/c1-2-7(3-1)14-9-5-4-8-11-10-6-13(8)12-9/h4-7H,1-3H2. The molecule has 2 aromatic rings. The van der Waals surface area contributed by atoms with Crippen molar-refractivity contribution in [2.75, 3.05) is 0 Å². The summed E-state index contributed by atoms with van der Waals surface area (Å²) >= 11 is 0. The van der Waals surface area contributed by atoms with Gasteiger partial charge in [-0.15, -0.1) is 15.3 Å². The smallest absolute Gasteiger partial charge is 0.232 e. The summed E-state index contributed by atoms with van der Waals surface area (Å²) in [7, 11) is 0. The predicted molar refractivity (Wildman–Crippen MR) is 49.0 cm³/mol. The number of hydrogen-bond acceptors (Lipinski definition) is 4. The summed E-state index contributed by atoms with van der Waals surface area (Å²) in [5, 5.41) is 11.8. The number of nitrogens with zero attached hydrogens (tertiary/aromatic N) is 4. The van der Waals surface area contributed by atoms with Gasteiger partial charge in [-0.3, -0.25) is 0 Å². The SMILES string of the molecule is c1cc2nncn2nc1OC1CCC1. The van der Waals surface area contributed by atoms with Gasteiger partial charge in [-0.05, 0) is 25.3 Å². The molecule has 0 N–H and O–H groups in total. The first-order chi connectivity index (χ1) is 6.92. The molecule has 5 nitrogen and oxygen atoms in total. The van der Waals surface area contributed by atoms with E-state index in [-0.39, 0.29) is 0 Å². The molecule has 0 spiro atoms. The Balaban J connectivity index is 1.88. The molecule has 2 aromatic heterocycles. The number of hydrogen-bond donors (Lipinski definition) is 0. The third-order valence-electron chi connectivity index (χ3n) is 2.48. The van der Waals surface area contributed by atoms with Crippen LogP contribution < -0.4 is 4.74 Å². The molecule has 0 unspecified atom stereocenters. The van der Waals surface area contributed by atoms with Crippen molar-refractivity contribution in [2.45, 2.75) is 25.4 Å². The van der Waals surface area contributed by atoms with E-state index >= 15 is 0 Å². The van der Waals surface area contributed by atoms with E-state index in [0.29, 0.717) is 12.0 Å². The Hall–Kier alpha value is -1.65. The molecule has 1 aliphatic rings. The van der Waals surface area contributed by atoms with E-state index in [1.807, 2.05) is 12.1 Å². The lowest BCUT2D eigenvalue weighted by molar-refractivity contribution is 0.113. The summed E-state index contributed by atoms with van der Waals surface area (Å²) in [6, 6.07) is 3.69. The molecule has 3 rings (SSSR count). The maximum absolute atomic E-state index is 5.64. The second-order valence-electron chi connectivity index (χ2n) is 3.48. The van der Waals surface area contributed by atoms with E-state index in [1.165, 1.54) is 6.42 Å². The molecule has 72 valence electrons. The molecule has 1 aliphatic carbocycles. The lowest BCUT2D eigenvalue weighted by Crippen LogP contribution is -2.25. The summed E-state index contributed by atoms with van der Waals surface area (Å²) in [5.41, 5.74) is 0.742. The van der Waals surface area contributed by atoms with Crippen LogP contribution in [0.25, 0.3) is 5.65 Å². The van der Waals surface area contributed by atoms with Crippen molar-refractivity contribution in [3.8, 4) is 5.88 Å². The summed E-state index contributed by atoms with van der Waals surface area (Å²) < 4.78 is 7.26. The molecule has 1 fully saturated rings. The highest BCUT2D eigenvalue weighted by Gasteiger charge is 2.19. The maximum Gasteiger partial charge on any atom is 0.232 e. The van der Waals surface area contributed by atoms with Crippen LogP contribution in [-0.4, -0.2) is 25.9 Å². The Kier molecular flexibility index (Phi) is 1.62. The highest BCUT2D eigenvalue weighted by atomic mass is 16.5. The van der Waals surface area contributed by atoms with Gasteiger partial charge in [0.05, 0.1) is 0 Å². The van der Waals surface area contributed by atoms with E-state index in [1.54, 1.807) is 10.8 Å². The van der Waals surface area contributed by atoms with Crippen LogP contribution in [-0.2, 0) is 0 Å². The van der Waals surface area contributed by atoms with E-state index in [2.05, 4.69) is 15.3 Å². The van der Waals surface area contributed by atoms with Crippen LogP contribution in [0.3, 0.4) is 0 Å². The van der Waals surface area contributed by atoms with Crippen LogP contribution >= 0.6 is 0 Å². The summed E-state index contributed by atoms with van der Waals surface area (Å²) in [4.78, 5) is 0. The highest BCUT2D eigenvalue weighted by Crippen LogP contribution is 2.23. The van der Waals surface area contributed by atoms with Gasteiger partial charge in [0.1, 0.15) is 12.4 Å². The normalized spacial score (nSPS) is 16.9. The van der Waals surface area contributed by atoms with Crippen molar-refractivity contribution in [1.29, 1.82) is 0 Å². The first kappa shape index (κ1) is 7.73. The van der Waals surface area contributed by atoms with Crippen molar-refractivity contribution < 1.29 is 4.74 Å². The zero-order valence-corrected chi connectivity index (χ0v) is 7.63. The number of aromatic nitrogens is 4. The minimum absolute atomic E-state index is 0.358. The van der Waals surface area contributed by atoms with Gasteiger partial charge < -0.3 is 4.74 Å². The Morgan fingerprint density at radius 3 is 3.07 bits per heavy atom. The number of fused-ring (bicyclic) bond motifs is 1. The maximum atomic E-state index is 5.64. The van der Waals surface area contributed by atoms with E-state index < -0.39 is 0 Å². The second-order valence-corrected chi connectivity index (χ2v) is 3.48. The number of rotatable bonds is 2. The third kappa shape index (κ3) is 1.21. The van der Waals surface area contributed by atoms with E-state index in [0.717, 1.165) is 18.5 Å². The van der Waals surface area contributed by atoms with Gasteiger partial charge in [-0.2, -0.15) is 4.52 Å². The topological polar surface area (TPSA) is 52.3 Å². The average molecular weight is 190 g/mol. The molecule has 0 amide bonds. The summed E-state index contributed by atoms with van der Waals surface area (Å²) in [6.45, 7) is 0. The van der Waals surface area contributed by atoms with Crippen molar-refractivity contribution in [1.82, 2.24) is 19.8 Å². The van der Waals surface area contributed by atoms with Crippen LogP contribution in [0.5, 0.6) is 5.88 Å². The Bertz CT molecular complexity index is 449. The molecule has 1 saturated carbocycles. The Morgan fingerprint density at radius 1 is 1.36 bits per heavy atom. The van der Waals surface area contributed by atoms with Crippen LogP contribution in [0.4, 0.5) is 0 Å². The van der Waals surface area contributed by atoms with E-state index in [4.69, 9.17) is 4.74 Å². The summed E-state index contributed by atoms with van der Waals surface area (Å²) in [5.74, 6) is 0.655. The first-order valence-corrected chi connectivity index (χ1v) is 4.75. The fourth-order valence-electron chi connectivity index (χ4n) is 1.43. The molecule has 5 heteroatoms. The van der Waals surface area contributed by atoms with Crippen molar-refractivity contribution in [3.05, 3.63) is 18.5 Å². The molecule has 0 aliphatic heterocycles. The second kappa shape index (κ2) is 2.94. The van der Waals surface area contributed by atoms with Crippen LogP contribution in [0.15, 0.2) is 18.5 Å². The zero-order valence-electron chi connectivity index (χ0n) is 7.63. The molecular weight excluding hydrogens is 180 g/mol. The first-order valence-electron chi connectivity index (χ1n) is 4.75. The Labute approximate surface area is 80.7 Å². The van der Waals surface area contributed by atoms with Crippen LogP contribution in [0, 0.1) is 0 Å². The molecule has 2 heterocycles. The van der Waals surface area contributed by atoms with Crippen molar-refractivity contribution >= 4 is 5.65 Å². The molecule has 0 bridgehead atoms. The number of ether oxygens (including phenoxy) is 1. The average Bonchev–Trinajstić information content (AvgIpc) is 2.58. The Morgan fingerprint density at radius 2 is 2.29 bits per heavy atom. The van der Waals surface area contributed by atoms with E-state index in [9.17, 15) is 0 Å². The lowest BCUT2D eigenvalue weighted by atomic mass is 9.96. The largest absolute Gasteiger partial charge is 0.473 e. The zero-order chi connectivity index (χ0) is 9.38. The quantitative estimate of drug-likeness (QED) is 0.710. The third-order valence-corrected chi connectivity index (χ3v) is 2.48. The molecule has 0 radical (unpaired) electrons. The van der Waals surface area contributed by atoms with Gasteiger partial charge in [0.15, 0.2) is 5.65 Å². The lowest BCUT2D eigenvalue weighted by Gasteiger charge is -2.25. The highest BCUT2D eigenvalue weighted by molar-refractivity contribution is 5.35. The molecular formula is C9H10N4O. The van der Waals surface area contributed by atoms with Gasteiger partial charge in [-0.1, -0.05) is 0 Å². The van der Waals surface area contributed by atoms with Crippen molar-refractivity contribution in [3.63, 3.8) is 0 Å². The van der Waals surface area contributed by atoms with Crippen LogP contribution in [0.2, 0.25) is 0 Å². The van der Waals surface area contributed by atoms with Gasteiger partial charge in [0.25, 0.3) is 0 Å².